The SMILES string of the molecule is CC(C=O)C(=O)N(C(C)C)C(C)C. The second-order valence-electron chi connectivity index (χ2n) is 3.86. The number of carbonyl (C=O) groups is 2. The van der Waals surface area contributed by atoms with Crippen LogP contribution in [-0.4, -0.2) is 29.2 Å². The van der Waals surface area contributed by atoms with Crippen LogP contribution in [0.15, 0.2) is 0 Å². The molecule has 0 radical (unpaired) electrons. The summed E-state index contributed by atoms with van der Waals surface area (Å²) in [4.78, 5) is 23.8. The largest absolute Gasteiger partial charge is 0.337 e. The van der Waals surface area contributed by atoms with Crippen molar-refractivity contribution >= 4 is 12.2 Å². The van der Waals surface area contributed by atoms with E-state index < -0.39 is 5.92 Å². The van der Waals surface area contributed by atoms with Crippen molar-refractivity contribution < 1.29 is 9.59 Å². The van der Waals surface area contributed by atoms with Gasteiger partial charge in [0.15, 0.2) is 0 Å². The Morgan fingerprint density at radius 3 is 1.69 bits per heavy atom. The van der Waals surface area contributed by atoms with Gasteiger partial charge >= 0.3 is 0 Å². The molecule has 1 amide bonds. The van der Waals surface area contributed by atoms with Gasteiger partial charge in [-0.15, -0.1) is 0 Å². The number of hydrogen-bond acceptors (Lipinski definition) is 2. The van der Waals surface area contributed by atoms with Crippen LogP contribution in [0.3, 0.4) is 0 Å². The van der Waals surface area contributed by atoms with Crippen LogP contribution < -0.4 is 0 Å². The maximum absolute atomic E-state index is 11.7. The minimum absolute atomic E-state index is 0.0833. The molecule has 0 heterocycles. The van der Waals surface area contributed by atoms with Gasteiger partial charge in [0, 0.05) is 12.1 Å². The smallest absolute Gasteiger partial charge is 0.233 e. The highest BCUT2D eigenvalue weighted by Crippen LogP contribution is 2.09. The monoisotopic (exact) mass is 185 g/mol. The standard InChI is InChI=1S/C10H19NO2/c1-7(2)11(8(3)4)10(13)9(5)6-12/h6-9H,1-5H3. The van der Waals surface area contributed by atoms with Crippen LogP contribution in [0.2, 0.25) is 0 Å². The lowest BCUT2D eigenvalue weighted by Crippen LogP contribution is -2.45. The van der Waals surface area contributed by atoms with E-state index in [0.717, 1.165) is 0 Å². The lowest BCUT2D eigenvalue weighted by atomic mass is 10.1. The Morgan fingerprint density at radius 1 is 1.08 bits per heavy atom. The third-order valence-electron chi connectivity index (χ3n) is 1.96. The molecular formula is C10H19NO2. The van der Waals surface area contributed by atoms with Crippen molar-refractivity contribution in [3.05, 3.63) is 0 Å². The normalized spacial score (nSPS) is 13.2. The van der Waals surface area contributed by atoms with E-state index in [2.05, 4.69) is 0 Å². The van der Waals surface area contributed by atoms with Crippen LogP contribution in [0.1, 0.15) is 34.6 Å². The number of aldehydes is 1. The predicted molar refractivity (Wildman–Crippen MR) is 52.3 cm³/mol. The van der Waals surface area contributed by atoms with E-state index in [-0.39, 0.29) is 18.0 Å². The molecular weight excluding hydrogens is 166 g/mol. The molecule has 0 saturated heterocycles. The van der Waals surface area contributed by atoms with Gasteiger partial charge in [0.2, 0.25) is 5.91 Å². The molecule has 76 valence electrons. The average molecular weight is 185 g/mol. The summed E-state index contributed by atoms with van der Waals surface area (Å²) in [6, 6.07) is 0.296. The van der Waals surface area contributed by atoms with Gasteiger partial charge in [-0.1, -0.05) is 0 Å². The van der Waals surface area contributed by atoms with Crippen LogP contribution in [0, 0.1) is 5.92 Å². The fourth-order valence-electron chi connectivity index (χ4n) is 1.40. The highest BCUT2D eigenvalue weighted by Gasteiger charge is 2.24. The molecule has 3 nitrogen and oxygen atoms in total. The van der Waals surface area contributed by atoms with E-state index in [9.17, 15) is 9.59 Å². The minimum Gasteiger partial charge on any atom is -0.337 e. The van der Waals surface area contributed by atoms with Gasteiger partial charge in [-0.2, -0.15) is 0 Å². The number of rotatable bonds is 4. The molecule has 0 spiro atoms. The summed E-state index contributed by atoms with van der Waals surface area (Å²) >= 11 is 0. The van der Waals surface area contributed by atoms with Crippen molar-refractivity contribution in [2.24, 2.45) is 5.92 Å². The van der Waals surface area contributed by atoms with E-state index in [0.29, 0.717) is 6.29 Å². The molecule has 0 aliphatic rings. The Kier molecular flexibility index (Phi) is 4.67. The van der Waals surface area contributed by atoms with Gasteiger partial charge in [0.1, 0.15) is 6.29 Å². The first-order valence-corrected chi connectivity index (χ1v) is 4.69. The van der Waals surface area contributed by atoms with Crippen LogP contribution in [0.5, 0.6) is 0 Å². The van der Waals surface area contributed by atoms with Crippen molar-refractivity contribution in [1.82, 2.24) is 4.90 Å². The number of carbonyl (C=O) groups excluding carboxylic acids is 2. The van der Waals surface area contributed by atoms with Gasteiger partial charge in [-0.05, 0) is 34.6 Å². The van der Waals surface area contributed by atoms with E-state index in [1.165, 1.54) is 0 Å². The zero-order chi connectivity index (χ0) is 10.6. The molecule has 0 bridgehead atoms. The van der Waals surface area contributed by atoms with Crippen molar-refractivity contribution in [2.45, 2.75) is 46.7 Å². The molecule has 0 fully saturated rings. The topological polar surface area (TPSA) is 37.4 Å². The molecule has 0 aliphatic heterocycles. The molecule has 1 atom stereocenters. The Morgan fingerprint density at radius 2 is 1.46 bits per heavy atom. The summed E-state index contributed by atoms with van der Waals surface area (Å²) in [5, 5.41) is 0. The Bertz CT molecular complexity index is 179. The van der Waals surface area contributed by atoms with Crippen LogP contribution in [0.25, 0.3) is 0 Å². The molecule has 0 aromatic heterocycles. The van der Waals surface area contributed by atoms with Crippen molar-refractivity contribution in [1.29, 1.82) is 0 Å². The first kappa shape index (κ1) is 12.1. The third kappa shape index (κ3) is 3.17. The second kappa shape index (κ2) is 5.00. The molecule has 0 aliphatic carbocycles. The number of nitrogens with zero attached hydrogens (tertiary/aromatic N) is 1. The van der Waals surface area contributed by atoms with Gasteiger partial charge in [-0.3, -0.25) is 4.79 Å². The maximum atomic E-state index is 11.7. The molecule has 3 heteroatoms. The fourth-order valence-corrected chi connectivity index (χ4v) is 1.40. The zero-order valence-electron chi connectivity index (χ0n) is 9.07. The highest BCUT2D eigenvalue weighted by atomic mass is 16.2. The van der Waals surface area contributed by atoms with Crippen molar-refractivity contribution in [3.8, 4) is 0 Å². The third-order valence-corrected chi connectivity index (χ3v) is 1.96. The molecule has 0 saturated carbocycles. The summed E-state index contributed by atoms with van der Waals surface area (Å²) < 4.78 is 0. The maximum Gasteiger partial charge on any atom is 0.233 e. The van der Waals surface area contributed by atoms with Crippen LogP contribution in [-0.2, 0) is 9.59 Å². The Labute approximate surface area is 80.1 Å². The Balaban J connectivity index is 4.55. The van der Waals surface area contributed by atoms with Crippen LogP contribution in [0.4, 0.5) is 0 Å². The van der Waals surface area contributed by atoms with E-state index >= 15 is 0 Å². The fraction of sp³-hybridized carbons (Fsp3) is 0.800. The molecule has 0 aromatic carbocycles. The van der Waals surface area contributed by atoms with E-state index in [1.54, 1.807) is 11.8 Å². The Hall–Kier alpha value is -0.860. The van der Waals surface area contributed by atoms with Gasteiger partial charge in [0.05, 0.1) is 5.92 Å². The summed E-state index contributed by atoms with van der Waals surface area (Å²) in [6.07, 6.45) is 0.695. The number of amides is 1. The second-order valence-corrected chi connectivity index (χ2v) is 3.86. The van der Waals surface area contributed by atoms with E-state index in [4.69, 9.17) is 0 Å². The molecule has 0 aromatic rings. The van der Waals surface area contributed by atoms with Crippen molar-refractivity contribution in [2.75, 3.05) is 0 Å². The first-order valence-electron chi connectivity index (χ1n) is 4.69. The summed E-state index contributed by atoms with van der Waals surface area (Å²) in [6.45, 7) is 9.45. The summed E-state index contributed by atoms with van der Waals surface area (Å²) in [7, 11) is 0. The van der Waals surface area contributed by atoms with Gasteiger partial charge in [0.25, 0.3) is 0 Å². The van der Waals surface area contributed by atoms with Crippen molar-refractivity contribution in [3.63, 3.8) is 0 Å². The quantitative estimate of drug-likeness (QED) is 0.491. The van der Waals surface area contributed by atoms with E-state index in [1.807, 2.05) is 27.7 Å². The first-order chi connectivity index (χ1) is 5.91. The number of hydrogen-bond donors (Lipinski definition) is 0. The molecule has 1 unspecified atom stereocenters. The van der Waals surface area contributed by atoms with Gasteiger partial charge < -0.3 is 9.69 Å². The molecule has 0 N–H and O–H groups in total. The average Bonchev–Trinajstić information content (AvgIpc) is 2.01. The van der Waals surface area contributed by atoms with Crippen LogP contribution >= 0.6 is 0 Å². The summed E-state index contributed by atoms with van der Waals surface area (Å²) in [5.41, 5.74) is 0. The molecule has 13 heavy (non-hydrogen) atoms. The minimum atomic E-state index is -0.523. The molecule has 0 rings (SSSR count). The highest BCUT2D eigenvalue weighted by molar-refractivity contribution is 5.91. The summed E-state index contributed by atoms with van der Waals surface area (Å²) in [5.74, 6) is -0.607. The van der Waals surface area contributed by atoms with Gasteiger partial charge in [-0.25, -0.2) is 0 Å². The lowest BCUT2D eigenvalue weighted by Gasteiger charge is -2.31. The lowest BCUT2D eigenvalue weighted by molar-refractivity contribution is -0.140. The predicted octanol–water partition coefficient (Wildman–Crippen LogP) is 1.47. The zero-order valence-corrected chi connectivity index (χ0v) is 9.07.